The molecule has 0 aliphatic heterocycles. The largest absolute Gasteiger partial charge is 0.462 e. The van der Waals surface area contributed by atoms with Crippen LogP contribution in [0.2, 0.25) is 0 Å². The van der Waals surface area contributed by atoms with Crippen LogP contribution in [0.1, 0.15) is 17.5 Å². The number of esters is 1. The van der Waals surface area contributed by atoms with Crippen molar-refractivity contribution in [3.8, 4) is 0 Å². The first kappa shape index (κ1) is 16.8. The van der Waals surface area contributed by atoms with E-state index in [1.165, 1.54) is 11.6 Å². The summed E-state index contributed by atoms with van der Waals surface area (Å²) in [6.45, 7) is 2.68. The first-order valence-corrected chi connectivity index (χ1v) is 8.13. The maximum Gasteiger partial charge on any atom is 0.419 e. The van der Waals surface area contributed by atoms with Gasteiger partial charge in [0.05, 0.1) is 12.1 Å². The first-order chi connectivity index (χ1) is 12.1. The molecule has 1 aromatic heterocycles. The third-order valence-corrected chi connectivity index (χ3v) is 3.83. The van der Waals surface area contributed by atoms with Crippen LogP contribution >= 0.6 is 0 Å². The third-order valence-electron chi connectivity index (χ3n) is 3.83. The molecule has 0 aliphatic carbocycles. The van der Waals surface area contributed by atoms with Gasteiger partial charge in [-0.05, 0) is 37.1 Å². The van der Waals surface area contributed by atoms with E-state index in [-0.39, 0.29) is 6.61 Å². The molecule has 0 bridgehead atoms. The average Bonchev–Trinajstić information content (AvgIpc) is 2.93. The molecule has 0 saturated heterocycles. The fourth-order valence-electron chi connectivity index (χ4n) is 2.51. The zero-order chi connectivity index (χ0) is 17.6. The van der Waals surface area contributed by atoms with Crippen LogP contribution in [0.25, 0.3) is 17.2 Å². The molecular formula is C20H19NO4. The predicted molar refractivity (Wildman–Crippen MR) is 96.3 cm³/mol. The smallest absolute Gasteiger partial charge is 0.419 e. The van der Waals surface area contributed by atoms with Crippen LogP contribution < -0.4 is 5.76 Å². The number of fused-ring (bicyclic) bond motifs is 1. The summed E-state index contributed by atoms with van der Waals surface area (Å²) in [6.07, 6.45) is 3.66. The molecule has 0 spiro atoms. The number of aromatic nitrogens is 1. The van der Waals surface area contributed by atoms with E-state index in [4.69, 9.17) is 9.15 Å². The summed E-state index contributed by atoms with van der Waals surface area (Å²) in [5.74, 6) is -0.795. The average molecular weight is 337 g/mol. The number of aryl methyl sites for hydroxylation is 2. The summed E-state index contributed by atoms with van der Waals surface area (Å²) in [7, 11) is 0. The standard InChI is InChI=1S/C20H19NO4/c1-15-7-9-16(10-8-15)11-12-19(22)24-14-4-13-21-17-5-2-3-6-18(17)25-20(21)23/h2-3,5-12H,4,13-14H2,1H3/b12-11+. The lowest BCUT2D eigenvalue weighted by atomic mass is 10.1. The Bertz CT molecular complexity index is 948. The fourth-order valence-corrected chi connectivity index (χ4v) is 2.51. The van der Waals surface area contributed by atoms with Gasteiger partial charge in [-0.15, -0.1) is 0 Å². The predicted octanol–water partition coefficient (Wildman–Crippen LogP) is 3.55. The second-order valence-electron chi connectivity index (χ2n) is 5.75. The summed E-state index contributed by atoms with van der Waals surface area (Å²) in [6, 6.07) is 15.1. The van der Waals surface area contributed by atoms with Gasteiger partial charge in [-0.3, -0.25) is 4.57 Å². The monoisotopic (exact) mass is 337 g/mol. The maximum atomic E-state index is 11.8. The molecule has 1 heterocycles. The number of para-hydroxylation sites is 2. The van der Waals surface area contributed by atoms with E-state index in [1.54, 1.807) is 16.7 Å². The van der Waals surface area contributed by atoms with Crippen LogP contribution in [0.3, 0.4) is 0 Å². The fraction of sp³-hybridized carbons (Fsp3) is 0.200. The van der Waals surface area contributed by atoms with E-state index in [2.05, 4.69) is 0 Å². The molecule has 0 atom stereocenters. The lowest BCUT2D eigenvalue weighted by Crippen LogP contribution is -2.15. The van der Waals surface area contributed by atoms with E-state index < -0.39 is 11.7 Å². The molecular weight excluding hydrogens is 318 g/mol. The Morgan fingerprint density at radius 1 is 1.16 bits per heavy atom. The number of hydrogen-bond acceptors (Lipinski definition) is 4. The Morgan fingerprint density at radius 3 is 2.72 bits per heavy atom. The second-order valence-corrected chi connectivity index (χ2v) is 5.75. The Morgan fingerprint density at radius 2 is 1.92 bits per heavy atom. The van der Waals surface area contributed by atoms with Gasteiger partial charge in [-0.25, -0.2) is 9.59 Å². The quantitative estimate of drug-likeness (QED) is 0.392. The number of oxazole rings is 1. The van der Waals surface area contributed by atoms with Gasteiger partial charge in [0.15, 0.2) is 5.58 Å². The Labute approximate surface area is 145 Å². The molecule has 0 aliphatic rings. The zero-order valence-corrected chi connectivity index (χ0v) is 14.0. The van der Waals surface area contributed by atoms with Crippen molar-refractivity contribution < 1.29 is 13.9 Å². The number of rotatable bonds is 6. The summed E-state index contributed by atoms with van der Waals surface area (Å²) in [5.41, 5.74) is 3.42. The molecule has 0 N–H and O–H groups in total. The number of benzene rings is 2. The van der Waals surface area contributed by atoms with E-state index >= 15 is 0 Å². The minimum absolute atomic E-state index is 0.239. The number of carbonyl (C=O) groups excluding carboxylic acids is 1. The molecule has 3 rings (SSSR count). The maximum absolute atomic E-state index is 11.8. The van der Waals surface area contributed by atoms with Crippen LogP contribution in [-0.2, 0) is 16.1 Å². The van der Waals surface area contributed by atoms with Crippen LogP contribution in [0.4, 0.5) is 0 Å². The Balaban J connectivity index is 1.49. The molecule has 128 valence electrons. The number of hydrogen-bond donors (Lipinski definition) is 0. The van der Waals surface area contributed by atoms with Crippen LogP contribution in [0, 0.1) is 6.92 Å². The minimum Gasteiger partial charge on any atom is -0.462 e. The summed E-state index contributed by atoms with van der Waals surface area (Å²) in [5, 5.41) is 0. The van der Waals surface area contributed by atoms with Gasteiger partial charge in [0.1, 0.15) is 0 Å². The summed E-state index contributed by atoms with van der Waals surface area (Å²) < 4.78 is 11.9. The lowest BCUT2D eigenvalue weighted by molar-refractivity contribution is -0.137. The van der Waals surface area contributed by atoms with E-state index in [0.29, 0.717) is 18.5 Å². The van der Waals surface area contributed by atoms with Gasteiger partial charge >= 0.3 is 11.7 Å². The molecule has 0 saturated carbocycles. The summed E-state index contributed by atoms with van der Waals surface area (Å²) >= 11 is 0. The molecule has 0 unspecified atom stereocenters. The van der Waals surface area contributed by atoms with Crippen molar-refractivity contribution >= 4 is 23.1 Å². The number of ether oxygens (including phenoxy) is 1. The van der Waals surface area contributed by atoms with Gasteiger partial charge in [-0.1, -0.05) is 42.0 Å². The summed E-state index contributed by atoms with van der Waals surface area (Å²) in [4.78, 5) is 23.6. The van der Waals surface area contributed by atoms with Gasteiger partial charge in [0.2, 0.25) is 0 Å². The van der Waals surface area contributed by atoms with Crippen LogP contribution in [-0.4, -0.2) is 17.1 Å². The number of nitrogens with zero attached hydrogens (tertiary/aromatic N) is 1. The van der Waals surface area contributed by atoms with Crippen molar-refractivity contribution in [2.24, 2.45) is 0 Å². The van der Waals surface area contributed by atoms with Crippen molar-refractivity contribution in [3.63, 3.8) is 0 Å². The van der Waals surface area contributed by atoms with Crippen LogP contribution in [0.5, 0.6) is 0 Å². The SMILES string of the molecule is Cc1ccc(/C=C/C(=O)OCCCn2c(=O)oc3ccccc32)cc1. The molecule has 0 fully saturated rings. The second kappa shape index (κ2) is 7.66. The molecule has 0 radical (unpaired) electrons. The van der Waals surface area contributed by atoms with Gasteiger partial charge in [0, 0.05) is 12.6 Å². The highest BCUT2D eigenvalue weighted by Gasteiger charge is 2.08. The highest BCUT2D eigenvalue weighted by Crippen LogP contribution is 2.12. The third kappa shape index (κ3) is 4.26. The van der Waals surface area contributed by atoms with Gasteiger partial charge in [0.25, 0.3) is 0 Å². The normalized spacial score (nSPS) is 11.2. The van der Waals surface area contributed by atoms with Crippen molar-refractivity contribution in [1.82, 2.24) is 4.57 Å². The minimum atomic E-state index is -0.398. The molecule has 3 aromatic rings. The van der Waals surface area contributed by atoms with Gasteiger partial charge < -0.3 is 9.15 Å². The highest BCUT2D eigenvalue weighted by molar-refractivity contribution is 5.87. The zero-order valence-electron chi connectivity index (χ0n) is 14.0. The lowest BCUT2D eigenvalue weighted by Gasteiger charge is -2.03. The topological polar surface area (TPSA) is 61.4 Å². The van der Waals surface area contributed by atoms with E-state index in [9.17, 15) is 9.59 Å². The van der Waals surface area contributed by atoms with Gasteiger partial charge in [-0.2, -0.15) is 0 Å². The molecule has 0 amide bonds. The van der Waals surface area contributed by atoms with Crippen molar-refractivity contribution in [2.45, 2.75) is 19.9 Å². The molecule has 2 aromatic carbocycles. The molecule has 5 heteroatoms. The van der Waals surface area contributed by atoms with Crippen LogP contribution in [0.15, 0.2) is 63.8 Å². The van der Waals surface area contributed by atoms with Crippen molar-refractivity contribution in [2.75, 3.05) is 6.61 Å². The van der Waals surface area contributed by atoms with Crippen molar-refractivity contribution in [3.05, 3.63) is 76.3 Å². The van der Waals surface area contributed by atoms with Crippen molar-refractivity contribution in [1.29, 1.82) is 0 Å². The van der Waals surface area contributed by atoms with E-state index in [0.717, 1.165) is 11.1 Å². The first-order valence-electron chi connectivity index (χ1n) is 8.13. The van der Waals surface area contributed by atoms with E-state index in [1.807, 2.05) is 49.4 Å². The molecule has 25 heavy (non-hydrogen) atoms. The highest BCUT2D eigenvalue weighted by atomic mass is 16.5. The number of carbonyl (C=O) groups is 1. The molecule has 5 nitrogen and oxygen atoms in total. The Hall–Kier alpha value is -3.08. The Kier molecular flexibility index (Phi) is 5.14.